The van der Waals surface area contributed by atoms with Crippen molar-refractivity contribution in [2.45, 2.75) is 12.6 Å². The van der Waals surface area contributed by atoms with Gasteiger partial charge in [0.1, 0.15) is 6.04 Å². The Kier molecular flexibility index (Phi) is 3.22. The number of Topliss-reactive ketones (excluding diaryl/α,β-unsaturated/α-hetero) is 1. The molecule has 1 atom stereocenters. The Bertz CT molecular complexity index is 645. The summed E-state index contributed by atoms with van der Waals surface area (Å²) in [6.07, 6.45) is 3.57. The molecule has 0 aliphatic carbocycles. The van der Waals surface area contributed by atoms with Crippen LogP contribution in [0.3, 0.4) is 0 Å². The molecule has 0 fully saturated rings. The van der Waals surface area contributed by atoms with E-state index in [9.17, 15) is 9.59 Å². The molecule has 1 N–H and O–H groups in total. The zero-order chi connectivity index (χ0) is 13.9. The third-order valence-corrected chi connectivity index (χ3v) is 3.20. The molecule has 1 aromatic carbocycles. The fourth-order valence-corrected chi connectivity index (χ4v) is 2.35. The van der Waals surface area contributed by atoms with Crippen LogP contribution in [0.5, 0.6) is 0 Å². The van der Waals surface area contributed by atoms with E-state index in [-0.39, 0.29) is 0 Å². The monoisotopic (exact) mass is 268 g/mol. The van der Waals surface area contributed by atoms with Crippen molar-refractivity contribution in [3.05, 3.63) is 53.9 Å². The lowest BCUT2D eigenvalue weighted by molar-refractivity contribution is -0.133. The van der Waals surface area contributed by atoms with Gasteiger partial charge >= 0.3 is 0 Å². The highest BCUT2D eigenvalue weighted by molar-refractivity contribution is 6.27. The smallest absolute Gasteiger partial charge is 0.237 e. The summed E-state index contributed by atoms with van der Waals surface area (Å²) in [5.41, 5.74) is 4.84. The van der Waals surface area contributed by atoms with Crippen LogP contribution in [0, 0.1) is 0 Å². The summed E-state index contributed by atoms with van der Waals surface area (Å²) in [4.78, 5) is 30.9. The number of benzene rings is 1. The third-order valence-electron chi connectivity index (χ3n) is 3.20. The number of aromatic nitrogens is 2. The number of carbonyl (C=O) groups is 2. The average molecular weight is 268 g/mol. The molecule has 0 saturated carbocycles. The van der Waals surface area contributed by atoms with E-state index >= 15 is 0 Å². The number of hydrogen-bond acceptors (Lipinski definition) is 6. The van der Waals surface area contributed by atoms with Crippen molar-refractivity contribution >= 4 is 18.0 Å². The molecule has 1 aliphatic heterocycles. The molecule has 100 valence electrons. The number of anilines is 1. The summed E-state index contributed by atoms with van der Waals surface area (Å²) in [5.74, 6) is -0.0950. The first-order valence-corrected chi connectivity index (χ1v) is 6.17. The van der Waals surface area contributed by atoms with Crippen LogP contribution in [-0.4, -0.2) is 27.0 Å². The topological polar surface area (TPSA) is 75.2 Å². The third kappa shape index (κ3) is 2.17. The lowest BCUT2D eigenvalue weighted by Crippen LogP contribution is -2.34. The largest absolute Gasteiger partial charge is 0.295 e. The molecule has 3 rings (SSSR count). The minimum Gasteiger partial charge on any atom is -0.295 e. The lowest BCUT2D eigenvalue weighted by atomic mass is 10.0. The number of rotatable bonds is 4. The molecule has 1 unspecified atom stereocenters. The second kappa shape index (κ2) is 5.18. The Morgan fingerprint density at radius 2 is 2.00 bits per heavy atom. The molecule has 6 nitrogen and oxygen atoms in total. The van der Waals surface area contributed by atoms with E-state index in [0.717, 1.165) is 11.1 Å². The van der Waals surface area contributed by atoms with Crippen molar-refractivity contribution in [3.63, 3.8) is 0 Å². The van der Waals surface area contributed by atoms with Gasteiger partial charge in [-0.25, -0.2) is 15.0 Å². The van der Waals surface area contributed by atoms with E-state index in [1.54, 1.807) is 23.5 Å². The van der Waals surface area contributed by atoms with E-state index in [2.05, 4.69) is 15.4 Å². The molecule has 1 aliphatic rings. The number of hydrazine groups is 1. The first-order chi connectivity index (χ1) is 9.79. The highest BCUT2D eigenvalue weighted by Crippen LogP contribution is 2.33. The molecule has 1 aromatic heterocycles. The van der Waals surface area contributed by atoms with Gasteiger partial charge in [-0.05, 0) is 17.2 Å². The summed E-state index contributed by atoms with van der Waals surface area (Å²) in [6.45, 7) is 0.513. The van der Waals surface area contributed by atoms with Crippen LogP contribution in [0.2, 0.25) is 0 Å². The highest BCUT2D eigenvalue weighted by atomic mass is 16.2. The normalized spacial score (nSPS) is 17.5. The van der Waals surface area contributed by atoms with Crippen molar-refractivity contribution in [3.8, 4) is 0 Å². The van der Waals surface area contributed by atoms with E-state index in [4.69, 9.17) is 0 Å². The van der Waals surface area contributed by atoms with Crippen LogP contribution < -0.4 is 5.43 Å². The number of nitrogens with one attached hydrogen (secondary N) is 1. The van der Waals surface area contributed by atoms with Gasteiger partial charge in [0.2, 0.25) is 11.7 Å². The van der Waals surface area contributed by atoms with Crippen LogP contribution in [0.4, 0.5) is 5.95 Å². The van der Waals surface area contributed by atoms with Gasteiger partial charge in [-0.15, -0.1) is 0 Å². The number of fused-ring (bicyclic) bond motifs is 1. The van der Waals surface area contributed by atoms with Gasteiger partial charge in [-0.3, -0.25) is 15.0 Å². The first kappa shape index (κ1) is 12.4. The van der Waals surface area contributed by atoms with Gasteiger partial charge in [-0.2, -0.15) is 0 Å². The number of carbonyl (C=O) groups excluding carboxylic acids is 2. The Morgan fingerprint density at radius 3 is 2.75 bits per heavy atom. The van der Waals surface area contributed by atoms with Gasteiger partial charge in [0.15, 0.2) is 6.29 Å². The van der Waals surface area contributed by atoms with E-state index in [1.165, 1.54) is 0 Å². The van der Waals surface area contributed by atoms with Crippen molar-refractivity contribution in [1.29, 1.82) is 0 Å². The van der Waals surface area contributed by atoms with Crippen LogP contribution in [0.15, 0.2) is 42.7 Å². The Labute approximate surface area is 115 Å². The number of ketones is 1. The van der Waals surface area contributed by atoms with Crippen molar-refractivity contribution in [2.24, 2.45) is 0 Å². The van der Waals surface area contributed by atoms with Crippen LogP contribution >= 0.6 is 0 Å². The Hall–Kier alpha value is -2.60. The second-order valence-corrected chi connectivity index (χ2v) is 4.43. The van der Waals surface area contributed by atoms with Gasteiger partial charge in [0.25, 0.3) is 0 Å². The fraction of sp³-hybridized carbons (Fsp3) is 0.143. The molecule has 0 amide bonds. The number of hydrogen-bond donors (Lipinski definition) is 1. The van der Waals surface area contributed by atoms with Gasteiger partial charge in [0, 0.05) is 18.9 Å². The van der Waals surface area contributed by atoms with Crippen molar-refractivity contribution < 1.29 is 9.59 Å². The molecule has 2 aromatic rings. The molecular formula is C14H12N4O2. The summed E-state index contributed by atoms with van der Waals surface area (Å²) in [5, 5.41) is 1.68. The van der Waals surface area contributed by atoms with Crippen LogP contribution in [0.1, 0.15) is 17.2 Å². The molecule has 6 heteroatoms. The molecule has 2 heterocycles. The Morgan fingerprint density at radius 1 is 1.25 bits per heavy atom. The van der Waals surface area contributed by atoms with Crippen LogP contribution in [-0.2, 0) is 16.1 Å². The predicted molar refractivity (Wildman–Crippen MR) is 71.5 cm³/mol. The maximum atomic E-state index is 11.9. The molecule has 0 bridgehead atoms. The SMILES string of the molecule is O=CC(=O)C1c2ccccc2CN1Nc1ncccn1. The number of aldehydes is 1. The number of nitrogens with zero attached hydrogens (tertiary/aromatic N) is 3. The van der Waals surface area contributed by atoms with Gasteiger partial charge < -0.3 is 0 Å². The van der Waals surface area contributed by atoms with E-state index in [1.807, 2.05) is 24.3 Å². The summed E-state index contributed by atoms with van der Waals surface area (Å²) in [6, 6.07) is 8.63. The van der Waals surface area contributed by atoms with Crippen molar-refractivity contribution in [1.82, 2.24) is 15.0 Å². The second-order valence-electron chi connectivity index (χ2n) is 4.43. The molecule has 0 radical (unpaired) electrons. The van der Waals surface area contributed by atoms with E-state index in [0.29, 0.717) is 18.8 Å². The van der Waals surface area contributed by atoms with Gasteiger partial charge in [0.05, 0.1) is 0 Å². The maximum Gasteiger partial charge on any atom is 0.237 e. The molecule has 20 heavy (non-hydrogen) atoms. The predicted octanol–water partition coefficient (Wildman–Crippen LogP) is 1.13. The maximum absolute atomic E-state index is 11.9. The highest BCUT2D eigenvalue weighted by Gasteiger charge is 2.35. The molecule has 0 spiro atoms. The lowest BCUT2D eigenvalue weighted by Gasteiger charge is -2.22. The minimum absolute atomic E-state index is 0.354. The minimum atomic E-state index is -0.632. The fourth-order valence-electron chi connectivity index (χ4n) is 2.35. The Balaban J connectivity index is 1.92. The van der Waals surface area contributed by atoms with Crippen LogP contribution in [0.25, 0.3) is 0 Å². The molecular weight excluding hydrogens is 256 g/mol. The average Bonchev–Trinajstić information content (AvgIpc) is 2.85. The molecule has 0 saturated heterocycles. The van der Waals surface area contributed by atoms with E-state index < -0.39 is 11.8 Å². The summed E-state index contributed by atoms with van der Waals surface area (Å²) >= 11 is 0. The quantitative estimate of drug-likeness (QED) is 0.661. The first-order valence-electron chi connectivity index (χ1n) is 6.17. The van der Waals surface area contributed by atoms with Gasteiger partial charge in [-0.1, -0.05) is 24.3 Å². The zero-order valence-electron chi connectivity index (χ0n) is 10.6. The standard InChI is InChI=1S/C14H12N4O2/c19-9-12(20)13-11-5-2-1-4-10(11)8-18(13)17-14-15-6-3-7-16-14/h1-7,9,13H,8H2,(H,15,16,17). The van der Waals surface area contributed by atoms with Crippen molar-refractivity contribution in [2.75, 3.05) is 5.43 Å². The zero-order valence-corrected chi connectivity index (χ0v) is 10.6. The summed E-state index contributed by atoms with van der Waals surface area (Å²) in [7, 11) is 0. The summed E-state index contributed by atoms with van der Waals surface area (Å²) < 4.78 is 0.